The van der Waals surface area contributed by atoms with Crippen molar-refractivity contribution in [1.29, 1.82) is 0 Å². The molecule has 3 rings (SSSR count). The summed E-state index contributed by atoms with van der Waals surface area (Å²) >= 11 is 0. The number of amides is 1. The van der Waals surface area contributed by atoms with E-state index in [1.807, 2.05) is 0 Å². The van der Waals surface area contributed by atoms with E-state index in [0.29, 0.717) is 12.1 Å². The summed E-state index contributed by atoms with van der Waals surface area (Å²) < 4.78 is 31.8. The molecule has 7 heteroatoms. The Bertz CT molecular complexity index is 720. The molecule has 24 heavy (non-hydrogen) atoms. The maximum Gasteiger partial charge on any atom is 0.287 e. The van der Waals surface area contributed by atoms with Gasteiger partial charge in [0.25, 0.3) is 5.91 Å². The zero-order valence-electron chi connectivity index (χ0n) is 13.1. The Balaban J connectivity index is 0.00000208. The van der Waals surface area contributed by atoms with Gasteiger partial charge >= 0.3 is 0 Å². The molecule has 1 saturated heterocycles. The molecule has 130 valence electrons. The summed E-state index contributed by atoms with van der Waals surface area (Å²) in [5.41, 5.74) is 1.45. The third kappa shape index (κ3) is 3.76. The first kappa shape index (κ1) is 18.4. The van der Waals surface area contributed by atoms with Gasteiger partial charge in [0.15, 0.2) is 17.4 Å². The van der Waals surface area contributed by atoms with Crippen LogP contribution in [-0.2, 0) is 0 Å². The summed E-state index contributed by atoms with van der Waals surface area (Å²) in [6.45, 7) is 3.12. The summed E-state index contributed by atoms with van der Waals surface area (Å²) in [6, 6.07) is 5.42. The molecule has 0 saturated carbocycles. The lowest BCUT2D eigenvalue weighted by Crippen LogP contribution is -2.50. The molecule has 2 N–H and O–H groups in total. The molecule has 2 aromatic rings. The fraction of sp³-hybridized carbons (Fsp3) is 0.353. The van der Waals surface area contributed by atoms with E-state index >= 15 is 0 Å². The minimum atomic E-state index is -0.868. The standard InChI is InChI=1S/C17H18F2N2O2.ClH/c1-10-5-7-23-16(10)17(22)21-15-9-20-6-4-12(15)11-2-3-13(18)14(19)8-11;/h2-3,5,7-8,12,15,20H,4,6,9H2,1H3,(H,21,22);1H. The van der Waals surface area contributed by atoms with Crippen molar-refractivity contribution in [2.24, 2.45) is 0 Å². The smallest absolute Gasteiger partial charge is 0.287 e. The fourth-order valence-corrected chi connectivity index (χ4v) is 2.99. The number of carbonyl (C=O) groups excluding carboxylic acids is 1. The Labute approximate surface area is 145 Å². The lowest BCUT2D eigenvalue weighted by molar-refractivity contribution is 0.0895. The number of carbonyl (C=O) groups is 1. The summed E-state index contributed by atoms with van der Waals surface area (Å²) in [6.07, 6.45) is 2.20. The Morgan fingerprint density at radius 2 is 2.08 bits per heavy atom. The molecule has 2 atom stereocenters. The van der Waals surface area contributed by atoms with Gasteiger partial charge < -0.3 is 15.1 Å². The van der Waals surface area contributed by atoms with Crippen molar-refractivity contribution in [1.82, 2.24) is 10.6 Å². The predicted molar refractivity (Wildman–Crippen MR) is 88.5 cm³/mol. The van der Waals surface area contributed by atoms with Gasteiger partial charge in [-0.15, -0.1) is 12.4 Å². The minimum absolute atomic E-state index is 0. The number of nitrogens with one attached hydrogen (secondary N) is 2. The topological polar surface area (TPSA) is 54.3 Å². The third-order valence-corrected chi connectivity index (χ3v) is 4.24. The van der Waals surface area contributed by atoms with Crippen LogP contribution in [0.25, 0.3) is 0 Å². The molecular weight excluding hydrogens is 338 g/mol. The second-order valence-corrected chi connectivity index (χ2v) is 5.79. The molecule has 0 bridgehead atoms. The van der Waals surface area contributed by atoms with Crippen LogP contribution in [0.3, 0.4) is 0 Å². The number of rotatable bonds is 3. The Hall–Kier alpha value is -1.92. The van der Waals surface area contributed by atoms with Crippen LogP contribution >= 0.6 is 12.4 Å². The number of benzene rings is 1. The molecule has 1 aromatic heterocycles. The highest BCUT2D eigenvalue weighted by atomic mass is 35.5. The number of halogens is 3. The zero-order valence-corrected chi connectivity index (χ0v) is 14.0. The van der Waals surface area contributed by atoms with E-state index in [-0.39, 0.29) is 36.0 Å². The first-order valence-electron chi connectivity index (χ1n) is 7.57. The summed E-state index contributed by atoms with van der Waals surface area (Å²) in [5, 5.41) is 6.15. The average Bonchev–Trinajstić information content (AvgIpc) is 2.97. The van der Waals surface area contributed by atoms with Crippen molar-refractivity contribution in [3.63, 3.8) is 0 Å². The van der Waals surface area contributed by atoms with E-state index in [9.17, 15) is 13.6 Å². The molecule has 1 aromatic carbocycles. The highest BCUT2D eigenvalue weighted by Gasteiger charge is 2.29. The van der Waals surface area contributed by atoms with E-state index in [1.54, 1.807) is 19.1 Å². The molecular formula is C17H19ClF2N2O2. The van der Waals surface area contributed by atoms with Gasteiger partial charge in [0.05, 0.1) is 6.26 Å². The molecule has 1 aliphatic rings. The molecule has 1 fully saturated rings. The normalized spacial score (nSPS) is 20.3. The zero-order chi connectivity index (χ0) is 16.4. The van der Waals surface area contributed by atoms with Gasteiger partial charge in [0.1, 0.15) is 0 Å². The quantitative estimate of drug-likeness (QED) is 0.888. The fourth-order valence-electron chi connectivity index (χ4n) is 2.99. The van der Waals surface area contributed by atoms with Gasteiger partial charge in [-0.3, -0.25) is 4.79 Å². The van der Waals surface area contributed by atoms with Crippen molar-refractivity contribution in [2.75, 3.05) is 13.1 Å². The van der Waals surface area contributed by atoms with Crippen molar-refractivity contribution in [2.45, 2.75) is 25.3 Å². The Kier molecular flexibility index (Phi) is 5.96. The number of hydrogen-bond donors (Lipinski definition) is 2. The van der Waals surface area contributed by atoms with Crippen molar-refractivity contribution >= 4 is 18.3 Å². The molecule has 1 amide bonds. The lowest BCUT2D eigenvalue weighted by Gasteiger charge is -2.33. The van der Waals surface area contributed by atoms with Crippen LogP contribution < -0.4 is 10.6 Å². The van der Waals surface area contributed by atoms with Gasteiger partial charge in [-0.2, -0.15) is 0 Å². The highest BCUT2D eigenvalue weighted by Crippen LogP contribution is 2.27. The van der Waals surface area contributed by atoms with E-state index in [1.165, 1.54) is 12.3 Å². The SMILES string of the molecule is Cc1ccoc1C(=O)NC1CNCCC1c1ccc(F)c(F)c1.Cl. The maximum atomic E-state index is 13.5. The van der Waals surface area contributed by atoms with Crippen LogP contribution in [0.5, 0.6) is 0 Å². The van der Waals surface area contributed by atoms with Crippen molar-refractivity contribution in [3.8, 4) is 0 Å². The largest absolute Gasteiger partial charge is 0.459 e. The minimum Gasteiger partial charge on any atom is -0.459 e. The molecule has 0 aliphatic carbocycles. The summed E-state index contributed by atoms with van der Waals surface area (Å²) in [7, 11) is 0. The molecule has 1 aliphatic heterocycles. The number of hydrogen-bond acceptors (Lipinski definition) is 3. The van der Waals surface area contributed by atoms with Crippen molar-refractivity contribution < 1.29 is 18.0 Å². The molecule has 2 heterocycles. The average molecular weight is 357 g/mol. The van der Waals surface area contributed by atoms with Gasteiger partial charge in [-0.1, -0.05) is 6.07 Å². The molecule has 4 nitrogen and oxygen atoms in total. The maximum absolute atomic E-state index is 13.5. The predicted octanol–water partition coefficient (Wildman–Crippen LogP) is 3.16. The monoisotopic (exact) mass is 356 g/mol. The molecule has 0 spiro atoms. The van der Waals surface area contributed by atoms with Crippen LogP contribution in [-0.4, -0.2) is 25.0 Å². The van der Waals surface area contributed by atoms with Gasteiger partial charge in [-0.25, -0.2) is 8.78 Å². The van der Waals surface area contributed by atoms with E-state index < -0.39 is 11.6 Å². The summed E-state index contributed by atoms with van der Waals surface area (Å²) in [4.78, 5) is 12.3. The molecule has 2 unspecified atom stereocenters. The van der Waals surface area contributed by atoms with Gasteiger partial charge in [0, 0.05) is 24.1 Å². The van der Waals surface area contributed by atoms with Crippen LogP contribution in [0.2, 0.25) is 0 Å². The number of aryl methyl sites for hydroxylation is 1. The lowest BCUT2D eigenvalue weighted by atomic mass is 9.86. The van der Waals surface area contributed by atoms with E-state index in [4.69, 9.17) is 4.42 Å². The second-order valence-electron chi connectivity index (χ2n) is 5.79. The third-order valence-electron chi connectivity index (χ3n) is 4.24. The Morgan fingerprint density at radius 1 is 1.29 bits per heavy atom. The van der Waals surface area contributed by atoms with Crippen LogP contribution in [0, 0.1) is 18.6 Å². The van der Waals surface area contributed by atoms with Crippen LogP contribution in [0.15, 0.2) is 34.9 Å². The first-order valence-corrected chi connectivity index (χ1v) is 7.57. The summed E-state index contributed by atoms with van der Waals surface area (Å²) in [5.74, 6) is -1.83. The van der Waals surface area contributed by atoms with E-state index in [0.717, 1.165) is 24.6 Å². The highest BCUT2D eigenvalue weighted by molar-refractivity contribution is 5.93. The first-order chi connectivity index (χ1) is 11.1. The van der Waals surface area contributed by atoms with Crippen LogP contribution in [0.1, 0.15) is 34.0 Å². The molecule has 0 radical (unpaired) electrons. The van der Waals surface area contributed by atoms with Crippen LogP contribution in [0.4, 0.5) is 8.78 Å². The Morgan fingerprint density at radius 3 is 2.75 bits per heavy atom. The second kappa shape index (κ2) is 7.77. The van der Waals surface area contributed by atoms with E-state index in [2.05, 4.69) is 10.6 Å². The number of piperidine rings is 1. The van der Waals surface area contributed by atoms with Gasteiger partial charge in [0.2, 0.25) is 0 Å². The number of furan rings is 1. The van der Waals surface area contributed by atoms with Crippen molar-refractivity contribution in [3.05, 3.63) is 59.1 Å². The van der Waals surface area contributed by atoms with Gasteiger partial charge in [-0.05, 0) is 43.7 Å².